The molecule has 2 aromatic rings. The van der Waals surface area contributed by atoms with Crippen LogP contribution in [0.15, 0.2) is 34.2 Å². The minimum Gasteiger partial charge on any atom is -0.357 e. The summed E-state index contributed by atoms with van der Waals surface area (Å²) in [4.78, 5) is 8.66. The van der Waals surface area contributed by atoms with Gasteiger partial charge in [-0.25, -0.2) is 18.7 Å². The molecule has 0 aliphatic carbocycles. The summed E-state index contributed by atoms with van der Waals surface area (Å²) in [5, 5.41) is 3.44. The van der Waals surface area contributed by atoms with E-state index >= 15 is 0 Å². The summed E-state index contributed by atoms with van der Waals surface area (Å²) in [6, 6.07) is 5.22. The van der Waals surface area contributed by atoms with Crippen LogP contribution < -0.4 is 5.32 Å². The lowest BCUT2D eigenvalue weighted by atomic mass is 10.3. The molecule has 0 atom stereocenters. The first-order valence-electron chi connectivity index (χ1n) is 5.25. The van der Waals surface area contributed by atoms with Gasteiger partial charge < -0.3 is 5.32 Å². The minimum absolute atomic E-state index is 0.330. The van der Waals surface area contributed by atoms with E-state index in [9.17, 15) is 8.78 Å². The topological polar surface area (TPSA) is 37.8 Å². The molecule has 3 nitrogen and oxygen atoms in total. The minimum atomic E-state index is -0.595. The predicted molar refractivity (Wildman–Crippen MR) is 66.8 cm³/mol. The molecule has 0 aliphatic rings. The van der Waals surface area contributed by atoms with Crippen LogP contribution in [0.4, 0.5) is 14.7 Å². The van der Waals surface area contributed by atoms with Crippen LogP contribution in [0.25, 0.3) is 0 Å². The maximum Gasteiger partial charge on any atom is 0.223 e. The van der Waals surface area contributed by atoms with E-state index in [1.54, 1.807) is 13.1 Å². The molecule has 0 bridgehead atoms. The van der Waals surface area contributed by atoms with Crippen LogP contribution in [0, 0.1) is 18.6 Å². The van der Waals surface area contributed by atoms with Gasteiger partial charge in [-0.1, -0.05) is 11.8 Å². The highest BCUT2D eigenvalue weighted by Crippen LogP contribution is 2.29. The molecule has 0 radical (unpaired) electrons. The fraction of sp³-hybridized carbons (Fsp3) is 0.167. The third-order valence-electron chi connectivity index (χ3n) is 2.16. The van der Waals surface area contributed by atoms with Crippen molar-refractivity contribution in [2.45, 2.75) is 16.8 Å². The van der Waals surface area contributed by atoms with Crippen molar-refractivity contribution in [2.75, 3.05) is 12.4 Å². The van der Waals surface area contributed by atoms with Gasteiger partial charge in [0, 0.05) is 23.7 Å². The summed E-state index contributed by atoms with van der Waals surface area (Å²) in [6.45, 7) is 1.83. The molecule has 1 aromatic heterocycles. The summed E-state index contributed by atoms with van der Waals surface area (Å²) >= 11 is 1.13. The second-order valence-electron chi connectivity index (χ2n) is 3.60. The van der Waals surface area contributed by atoms with Gasteiger partial charge in [-0.2, -0.15) is 0 Å². The average Bonchev–Trinajstić information content (AvgIpc) is 2.32. The zero-order valence-corrected chi connectivity index (χ0v) is 10.7. The molecular formula is C12H11F2N3S. The van der Waals surface area contributed by atoms with Crippen molar-refractivity contribution in [3.05, 3.63) is 41.6 Å². The molecule has 0 aliphatic heterocycles. The molecule has 1 N–H and O–H groups in total. The lowest BCUT2D eigenvalue weighted by Gasteiger charge is -2.05. The first-order valence-corrected chi connectivity index (χ1v) is 6.06. The molecule has 18 heavy (non-hydrogen) atoms. The number of rotatable bonds is 3. The van der Waals surface area contributed by atoms with E-state index in [-0.39, 0.29) is 0 Å². The smallest absolute Gasteiger partial charge is 0.223 e. The monoisotopic (exact) mass is 267 g/mol. The van der Waals surface area contributed by atoms with E-state index in [0.29, 0.717) is 15.9 Å². The highest BCUT2D eigenvalue weighted by atomic mass is 32.2. The fourth-order valence-corrected chi connectivity index (χ4v) is 2.25. The molecule has 94 valence electrons. The largest absolute Gasteiger partial charge is 0.357 e. The molecule has 0 saturated carbocycles. The van der Waals surface area contributed by atoms with E-state index < -0.39 is 11.6 Å². The van der Waals surface area contributed by atoms with E-state index in [4.69, 9.17) is 0 Å². The van der Waals surface area contributed by atoms with Gasteiger partial charge in [0.2, 0.25) is 5.95 Å². The van der Waals surface area contributed by atoms with E-state index in [1.165, 1.54) is 12.1 Å². The summed E-state index contributed by atoms with van der Waals surface area (Å²) in [5.74, 6) is -0.714. The van der Waals surface area contributed by atoms with Gasteiger partial charge in [0.05, 0.1) is 0 Å². The first kappa shape index (κ1) is 12.8. The molecule has 0 amide bonds. The molecule has 1 aromatic carbocycles. The number of benzene rings is 1. The van der Waals surface area contributed by atoms with Gasteiger partial charge in [0.1, 0.15) is 16.7 Å². The van der Waals surface area contributed by atoms with Crippen LogP contribution in [-0.4, -0.2) is 17.0 Å². The summed E-state index contributed by atoms with van der Waals surface area (Å²) < 4.78 is 26.3. The summed E-state index contributed by atoms with van der Waals surface area (Å²) in [6.07, 6.45) is 0. The highest BCUT2D eigenvalue weighted by Gasteiger charge is 2.08. The molecule has 0 spiro atoms. The van der Waals surface area contributed by atoms with Crippen LogP contribution in [0.5, 0.6) is 0 Å². The zero-order valence-electron chi connectivity index (χ0n) is 9.87. The Morgan fingerprint density at radius 2 is 1.94 bits per heavy atom. The number of hydrogen-bond acceptors (Lipinski definition) is 4. The third-order valence-corrected chi connectivity index (χ3v) is 3.13. The van der Waals surface area contributed by atoms with Crippen molar-refractivity contribution >= 4 is 17.7 Å². The number of aromatic nitrogens is 2. The number of halogens is 2. The average molecular weight is 267 g/mol. The Balaban J connectivity index is 2.30. The SMILES string of the molecule is CNc1nc(C)cc(Sc2ccc(F)cc2F)n1. The standard InChI is InChI=1S/C12H11F2N3S/c1-7-5-11(17-12(15-2)16-7)18-10-4-3-8(13)6-9(10)14/h3-6H,1-2H3,(H,15,16,17). The van der Waals surface area contributed by atoms with E-state index in [1.807, 2.05) is 6.92 Å². The molecule has 0 unspecified atom stereocenters. The summed E-state index contributed by atoms with van der Waals surface area (Å²) in [7, 11) is 1.71. The number of nitrogens with one attached hydrogen (secondary N) is 1. The Hall–Kier alpha value is -1.69. The normalized spacial score (nSPS) is 10.4. The molecule has 2 rings (SSSR count). The van der Waals surface area contributed by atoms with Gasteiger partial charge in [-0.05, 0) is 25.1 Å². The lowest BCUT2D eigenvalue weighted by molar-refractivity contribution is 0.565. The second kappa shape index (κ2) is 5.30. The Morgan fingerprint density at radius 3 is 2.61 bits per heavy atom. The van der Waals surface area contributed by atoms with Gasteiger partial charge in [-0.15, -0.1) is 0 Å². The Bertz CT molecular complexity index is 575. The quantitative estimate of drug-likeness (QED) is 0.866. The van der Waals surface area contributed by atoms with Crippen LogP contribution in [0.2, 0.25) is 0 Å². The number of aryl methyl sites for hydroxylation is 1. The second-order valence-corrected chi connectivity index (χ2v) is 4.66. The molecule has 1 heterocycles. The maximum atomic E-state index is 13.5. The molecular weight excluding hydrogens is 256 g/mol. The molecule has 6 heteroatoms. The van der Waals surface area contributed by atoms with Gasteiger partial charge in [-0.3, -0.25) is 0 Å². The molecule has 0 fully saturated rings. The number of hydrogen-bond donors (Lipinski definition) is 1. The van der Waals surface area contributed by atoms with Gasteiger partial charge in [0.25, 0.3) is 0 Å². The Kier molecular flexibility index (Phi) is 3.76. The summed E-state index contributed by atoms with van der Waals surface area (Å²) in [5.41, 5.74) is 0.777. The van der Waals surface area contributed by atoms with Crippen molar-refractivity contribution in [3.8, 4) is 0 Å². The highest BCUT2D eigenvalue weighted by molar-refractivity contribution is 7.99. The maximum absolute atomic E-state index is 13.5. The van der Waals surface area contributed by atoms with Crippen molar-refractivity contribution in [1.82, 2.24) is 9.97 Å². The van der Waals surface area contributed by atoms with Crippen LogP contribution in [0.3, 0.4) is 0 Å². The predicted octanol–water partition coefficient (Wildman–Crippen LogP) is 3.26. The fourth-order valence-electron chi connectivity index (χ4n) is 1.37. The van der Waals surface area contributed by atoms with E-state index in [0.717, 1.165) is 23.5 Å². The van der Waals surface area contributed by atoms with Crippen molar-refractivity contribution in [3.63, 3.8) is 0 Å². The third kappa shape index (κ3) is 2.95. The first-order chi connectivity index (χ1) is 8.58. The Morgan fingerprint density at radius 1 is 1.17 bits per heavy atom. The zero-order chi connectivity index (χ0) is 13.1. The van der Waals surface area contributed by atoms with Crippen LogP contribution >= 0.6 is 11.8 Å². The van der Waals surface area contributed by atoms with Crippen LogP contribution in [0.1, 0.15) is 5.69 Å². The van der Waals surface area contributed by atoms with Gasteiger partial charge in [0.15, 0.2) is 0 Å². The Labute approximate surface area is 108 Å². The van der Waals surface area contributed by atoms with Crippen LogP contribution in [-0.2, 0) is 0 Å². The number of nitrogens with zero attached hydrogens (tertiary/aromatic N) is 2. The lowest BCUT2D eigenvalue weighted by Crippen LogP contribution is -1.98. The van der Waals surface area contributed by atoms with Crippen molar-refractivity contribution in [2.24, 2.45) is 0 Å². The van der Waals surface area contributed by atoms with Crippen molar-refractivity contribution < 1.29 is 8.78 Å². The van der Waals surface area contributed by atoms with Crippen molar-refractivity contribution in [1.29, 1.82) is 0 Å². The molecule has 0 saturated heterocycles. The van der Waals surface area contributed by atoms with E-state index in [2.05, 4.69) is 15.3 Å². The van der Waals surface area contributed by atoms with Gasteiger partial charge >= 0.3 is 0 Å². The number of anilines is 1.